The molecule has 3 N–H and O–H groups in total. The molecule has 1 amide bonds. The molecular weight excluding hydrogens is 233 g/mol. The highest BCUT2D eigenvalue weighted by Crippen LogP contribution is 2.41. The number of nitrogens with two attached hydrogens (primary N) is 1. The van der Waals surface area contributed by atoms with E-state index in [0.717, 1.165) is 0 Å². The first kappa shape index (κ1) is 14.3. The molecule has 1 aliphatic rings. The van der Waals surface area contributed by atoms with Crippen molar-refractivity contribution in [3.63, 3.8) is 0 Å². The van der Waals surface area contributed by atoms with E-state index in [4.69, 9.17) is 5.73 Å². The Kier molecular flexibility index (Phi) is 4.80. The molecule has 100 valence electrons. The SMILES string of the molecule is CC(CN)NC(=O)C1CCCCC1C(F)(F)F. The van der Waals surface area contributed by atoms with Crippen LogP contribution in [0, 0.1) is 11.8 Å². The molecule has 0 aliphatic heterocycles. The molecule has 6 heteroatoms. The van der Waals surface area contributed by atoms with Crippen LogP contribution < -0.4 is 11.1 Å². The zero-order valence-corrected chi connectivity index (χ0v) is 9.89. The normalized spacial score (nSPS) is 27.6. The van der Waals surface area contributed by atoms with Crippen molar-refractivity contribution in [3.8, 4) is 0 Å². The summed E-state index contributed by atoms with van der Waals surface area (Å²) in [4.78, 5) is 11.8. The van der Waals surface area contributed by atoms with Crippen molar-refractivity contribution in [2.24, 2.45) is 17.6 Å². The summed E-state index contributed by atoms with van der Waals surface area (Å²) in [5, 5.41) is 2.54. The van der Waals surface area contributed by atoms with Crippen LogP contribution in [0.1, 0.15) is 32.6 Å². The van der Waals surface area contributed by atoms with E-state index in [1.807, 2.05) is 0 Å². The van der Waals surface area contributed by atoms with Crippen molar-refractivity contribution in [3.05, 3.63) is 0 Å². The molecule has 0 aromatic heterocycles. The number of halogens is 3. The summed E-state index contributed by atoms with van der Waals surface area (Å²) in [5.41, 5.74) is 5.33. The van der Waals surface area contributed by atoms with Gasteiger partial charge in [0.1, 0.15) is 0 Å². The molecule has 0 spiro atoms. The Bertz CT molecular complexity index is 268. The van der Waals surface area contributed by atoms with E-state index in [2.05, 4.69) is 5.32 Å². The zero-order chi connectivity index (χ0) is 13.1. The lowest BCUT2D eigenvalue weighted by Crippen LogP contribution is -2.46. The van der Waals surface area contributed by atoms with Gasteiger partial charge < -0.3 is 11.1 Å². The number of carbonyl (C=O) groups is 1. The summed E-state index contributed by atoms with van der Waals surface area (Å²) in [7, 11) is 0. The van der Waals surface area contributed by atoms with Gasteiger partial charge in [0.2, 0.25) is 5.91 Å². The maximum absolute atomic E-state index is 12.8. The summed E-state index contributed by atoms with van der Waals surface area (Å²) < 4.78 is 38.3. The standard InChI is InChI=1S/C11H19F3N2O/c1-7(6-15)16-10(17)8-4-2-3-5-9(8)11(12,13)14/h7-9H,2-6,15H2,1H3,(H,16,17). The maximum Gasteiger partial charge on any atom is 0.392 e. The van der Waals surface area contributed by atoms with Gasteiger partial charge in [0.15, 0.2) is 0 Å². The van der Waals surface area contributed by atoms with Gasteiger partial charge in [0.25, 0.3) is 0 Å². The van der Waals surface area contributed by atoms with Crippen LogP contribution >= 0.6 is 0 Å². The summed E-state index contributed by atoms with van der Waals surface area (Å²) in [6, 6.07) is -0.279. The van der Waals surface area contributed by atoms with Crippen molar-refractivity contribution in [1.29, 1.82) is 0 Å². The molecular formula is C11H19F3N2O. The van der Waals surface area contributed by atoms with Gasteiger partial charge in [-0.2, -0.15) is 13.2 Å². The Hall–Kier alpha value is -0.780. The topological polar surface area (TPSA) is 55.1 Å². The molecule has 1 fully saturated rings. The number of hydrogen-bond acceptors (Lipinski definition) is 2. The van der Waals surface area contributed by atoms with Crippen molar-refractivity contribution in [1.82, 2.24) is 5.32 Å². The van der Waals surface area contributed by atoms with Crippen LogP contribution in [0.15, 0.2) is 0 Å². The second-order valence-electron chi connectivity index (χ2n) is 4.68. The Balaban J connectivity index is 2.68. The minimum absolute atomic E-state index is 0.0542. The quantitative estimate of drug-likeness (QED) is 0.805. The number of hydrogen-bond donors (Lipinski definition) is 2. The molecule has 1 aliphatic carbocycles. The van der Waals surface area contributed by atoms with Crippen molar-refractivity contribution < 1.29 is 18.0 Å². The van der Waals surface area contributed by atoms with Gasteiger partial charge in [0, 0.05) is 18.5 Å². The molecule has 1 rings (SSSR count). The number of nitrogens with one attached hydrogen (secondary N) is 1. The van der Waals surface area contributed by atoms with Crippen molar-refractivity contribution in [2.45, 2.75) is 44.8 Å². The molecule has 3 atom stereocenters. The molecule has 1 saturated carbocycles. The Morgan fingerprint density at radius 1 is 1.41 bits per heavy atom. The molecule has 0 aromatic rings. The Morgan fingerprint density at radius 2 is 2.00 bits per heavy atom. The third kappa shape index (κ3) is 3.87. The van der Waals surface area contributed by atoms with Gasteiger partial charge in [-0.3, -0.25) is 4.79 Å². The molecule has 0 aromatic carbocycles. The van der Waals surface area contributed by atoms with Gasteiger partial charge in [-0.05, 0) is 19.8 Å². The van der Waals surface area contributed by atoms with E-state index in [1.165, 1.54) is 0 Å². The van der Waals surface area contributed by atoms with Gasteiger partial charge in [-0.1, -0.05) is 12.8 Å². The van der Waals surface area contributed by atoms with E-state index in [0.29, 0.717) is 19.3 Å². The van der Waals surface area contributed by atoms with E-state index in [9.17, 15) is 18.0 Å². The smallest absolute Gasteiger partial charge is 0.352 e. The largest absolute Gasteiger partial charge is 0.392 e. The van der Waals surface area contributed by atoms with Gasteiger partial charge >= 0.3 is 6.18 Å². The molecule has 0 bridgehead atoms. The van der Waals surface area contributed by atoms with Crippen LogP contribution in [0.5, 0.6) is 0 Å². The van der Waals surface area contributed by atoms with Crippen LogP contribution in [0.4, 0.5) is 13.2 Å². The Morgan fingerprint density at radius 3 is 2.53 bits per heavy atom. The second-order valence-corrected chi connectivity index (χ2v) is 4.68. The molecule has 3 nitrogen and oxygen atoms in total. The monoisotopic (exact) mass is 252 g/mol. The third-order valence-electron chi connectivity index (χ3n) is 3.27. The first-order valence-electron chi connectivity index (χ1n) is 5.93. The molecule has 0 saturated heterocycles. The Labute approximate surface area is 98.9 Å². The van der Waals surface area contributed by atoms with Crippen LogP contribution in [0.2, 0.25) is 0 Å². The third-order valence-corrected chi connectivity index (χ3v) is 3.27. The van der Waals surface area contributed by atoms with Crippen LogP contribution in [-0.4, -0.2) is 24.7 Å². The summed E-state index contributed by atoms with van der Waals surface area (Å²) in [6.07, 6.45) is -2.69. The number of rotatable bonds is 3. The highest BCUT2D eigenvalue weighted by molar-refractivity contribution is 5.79. The van der Waals surface area contributed by atoms with E-state index < -0.39 is 23.9 Å². The predicted octanol–water partition coefficient (Wildman–Crippen LogP) is 1.82. The fourth-order valence-electron chi connectivity index (χ4n) is 2.25. The minimum Gasteiger partial charge on any atom is -0.352 e. The van der Waals surface area contributed by atoms with Gasteiger partial charge in [0.05, 0.1) is 5.92 Å². The number of carbonyl (C=O) groups excluding carboxylic acids is 1. The maximum atomic E-state index is 12.8. The number of amides is 1. The minimum atomic E-state index is -4.28. The van der Waals surface area contributed by atoms with Crippen LogP contribution in [-0.2, 0) is 4.79 Å². The van der Waals surface area contributed by atoms with Crippen molar-refractivity contribution >= 4 is 5.91 Å². The van der Waals surface area contributed by atoms with E-state index >= 15 is 0 Å². The fourth-order valence-corrected chi connectivity index (χ4v) is 2.25. The zero-order valence-electron chi connectivity index (χ0n) is 9.89. The van der Waals surface area contributed by atoms with Gasteiger partial charge in [-0.25, -0.2) is 0 Å². The second kappa shape index (κ2) is 5.71. The molecule has 0 radical (unpaired) electrons. The predicted molar refractivity (Wildman–Crippen MR) is 58.2 cm³/mol. The fraction of sp³-hybridized carbons (Fsp3) is 0.909. The lowest BCUT2D eigenvalue weighted by molar-refractivity contribution is -0.198. The van der Waals surface area contributed by atoms with Gasteiger partial charge in [-0.15, -0.1) is 0 Å². The lowest BCUT2D eigenvalue weighted by Gasteiger charge is -2.32. The van der Waals surface area contributed by atoms with Crippen molar-refractivity contribution in [2.75, 3.05) is 6.54 Å². The molecule has 17 heavy (non-hydrogen) atoms. The highest BCUT2D eigenvalue weighted by Gasteiger charge is 2.48. The van der Waals surface area contributed by atoms with E-state index in [-0.39, 0.29) is 19.0 Å². The lowest BCUT2D eigenvalue weighted by atomic mass is 9.78. The molecule has 3 unspecified atom stereocenters. The number of alkyl halides is 3. The average molecular weight is 252 g/mol. The van der Waals surface area contributed by atoms with Crippen LogP contribution in [0.25, 0.3) is 0 Å². The summed E-state index contributed by atoms with van der Waals surface area (Å²) in [6.45, 7) is 1.92. The summed E-state index contributed by atoms with van der Waals surface area (Å²) in [5.74, 6) is -2.95. The van der Waals surface area contributed by atoms with Crippen LogP contribution in [0.3, 0.4) is 0 Å². The van der Waals surface area contributed by atoms with E-state index in [1.54, 1.807) is 6.92 Å². The molecule has 0 heterocycles. The average Bonchev–Trinajstić information content (AvgIpc) is 2.27. The highest BCUT2D eigenvalue weighted by atomic mass is 19.4. The first-order chi connectivity index (χ1) is 7.86. The first-order valence-corrected chi connectivity index (χ1v) is 5.93. The summed E-state index contributed by atoms with van der Waals surface area (Å²) >= 11 is 0.